The predicted octanol–water partition coefficient (Wildman–Crippen LogP) is 8.79. The van der Waals surface area contributed by atoms with E-state index >= 15 is 0 Å². The largest absolute Gasteiger partial charge is 0.464 e. The Hall–Kier alpha value is -4.96. The zero-order valence-electron chi connectivity index (χ0n) is 20.0. The molecule has 7 aromatic rings. The Labute approximate surface area is 214 Å². The monoisotopic (exact) mass is 477 g/mol. The van der Waals surface area contributed by atoms with Gasteiger partial charge in [-0.1, -0.05) is 60.7 Å². The molecule has 1 atom stereocenters. The van der Waals surface area contributed by atoms with Crippen molar-refractivity contribution in [3.05, 3.63) is 133 Å². The third-order valence-corrected chi connectivity index (χ3v) is 7.48. The lowest BCUT2D eigenvalue weighted by Crippen LogP contribution is -2.23. The van der Waals surface area contributed by atoms with Crippen molar-refractivity contribution in [2.45, 2.75) is 6.17 Å². The Morgan fingerprint density at radius 1 is 0.595 bits per heavy atom. The van der Waals surface area contributed by atoms with Gasteiger partial charge in [0.25, 0.3) is 0 Å². The maximum Gasteiger partial charge on any atom is 0.136 e. The van der Waals surface area contributed by atoms with Gasteiger partial charge in [-0.3, -0.25) is 0 Å². The van der Waals surface area contributed by atoms with Crippen molar-refractivity contribution in [2.24, 2.45) is 0 Å². The highest BCUT2D eigenvalue weighted by Crippen LogP contribution is 2.46. The molecule has 176 valence electrons. The van der Waals surface area contributed by atoms with Gasteiger partial charge in [0, 0.05) is 27.5 Å². The number of hydrogen-bond acceptors (Lipinski definition) is 3. The van der Waals surface area contributed by atoms with Crippen molar-refractivity contribution >= 4 is 49.8 Å². The van der Waals surface area contributed by atoms with Gasteiger partial charge in [-0.15, -0.1) is 0 Å². The first-order chi connectivity index (χ1) is 18.4. The number of anilines is 3. The average molecular weight is 478 g/mol. The molecule has 0 amide bonds. The SMILES string of the molecule is c1ccc(N2c3ccccc3NC2c2ccc(-n3c4ccccc4c4ccc5occc5c43)cc2)cc1. The van der Waals surface area contributed by atoms with Crippen LogP contribution in [-0.2, 0) is 0 Å². The molecule has 1 aliphatic rings. The lowest BCUT2D eigenvalue weighted by Gasteiger charge is -2.27. The number of para-hydroxylation sites is 4. The molecule has 1 aliphatic heterocycles. The molecule has 0 radical (unpaired) electrons. The highest BCUT2D eigenvalue weighted by Gasteiger charge is 2.30. The highest BCUT2D eigenvalue weighted by molar-refractivity contribution is 6.17. The van der Waals surface area contributed by atoms with Crippen molar-refractivity contribution in [3.63, 3.8) is 0 Å². The van der Waals surface area contributed by atoms with Crippen LogP contribution >= 0.6 is 0 Å². The summed E-state index contributed by atoms with van der Waals surface area (Å²) in [4.78, 5) is 2.37. The van der Waals surface area contributed by atoms with Crippen LogP contribution in [0.3, 0.4) is 0 Å². The van der Waals surface area contributed by atoms with Crippen molar-refractivity contribution in [2.75, 3.05) is 10.2 Å². The number of furan rings is 1. The number of rotatable bonds is 3. The van der Waals surface area contributed by atoms with Gasteiger partial charge >= 0.3 is 0 Å². The molecule has 4 nitrogen and oxygen atoms in total. The lowest BCUT2D eigenvalue weighted by molar-refractivity contribution is 0.616. The normalized spacial score (nSPS) is 14.9. The first-order valence-electron chi connectivity index (χ1n) is 12.6. The van der Waals surface area contributed by atoms with E-state index in [0.29, 0.717) is 0 Å². The summed E-state index contributed by atoms with van der Waals surface area (Å²) in [6, 6.07) is 42.9. The maximum absolute atomic E-state index is 5.76. The highest BCUT2D eigenvalue weighted by atomic mass is 16.3. The summed E-state index contributed by atoms with van der Waals surface area (Å²) in [5.74, 6) is 0. The van der Waals surface area contributed by atoms with Crippen molar-refractivity contribution in [3.8, 4) is 5.69 Å². The van der Waals surface area contributed by atoms with Gasteiger partial charge in [-0.2, -0.15) is 0 Å². The van der Waals surface area contributed by atoms with Crippen LogP contribution in [0.2, 0.25) is 0 Å². The summed E-state index contributed by atoms with van der Waals surface area (Å²) in [5.41, 5.74) is 9.10. The molecule has 0 spiro atoms. The second kappa shape index (κ2) is 7.77. The van der Waals surface area contributed by atoms with Gasteiger partial charge in [0.1, 0.15) is 11.7 Å². The van der Waals surface area contributed by atoms with E-state index in [1.807, 2.05) is 0 Å². The van der Waals surface area contributed by atoms with Crippen LogP contribution in [0.25, 0.3) is 38.5 Å². The molecule has 2 aromatic heterocycles. The summed E-state index contributed by atoms with van der Waals surface area (Å²) in [7, 11) is 0. The molecule has 5 aromatic carbocycles. The van der Waals surface area contributed by atoms with Crippen molar-refractivity contribution < 1.29 is 4.42 Å². The first-order valence-corrected chi connectivity index (χ1v) is 12.6. The Bertz CT molecular complexity index is 1920. The molecule has 1 unspecified atom stereocenters. The van der Waals surface area contributed by atoms with E-state index in [0.717, 1.165) is 22.3 Å². The molecule has 0 saturated heterocycles. The summed E-state index contributed by atoms with van der Waals surface area (Å²) >= 11 is 0. The minimum atomic E-state index is 0.00702. The Morgan fingerprint density at radius 2 is 1.38 bits per heavy atom. The Morgan fingerprint density at radius 3 is 2.27 bits per heavy atom. The van der Waals surface area contributed by atoms with Crippen LogP contribution < -0.4 is 10.2 Å². The third kappa shape index (κ3) is 2.96. The molecule has 4 heteroatoms. The fourth-order valence-corrected chi connectivity index (χ4v) is 5.84. The van der Waals surface area contributed by atoms with E-state index in [2.05, 4.69) is 136 Å². The number of fused-ring (bicyclic) bond motifs is 6. The predicted molar refractivity (Wildman–Crippen MR) is 152 cm³/mol. The second-order valence-electron chi connectivity index (χ2n) is 9.51. The van der Waals surface area contributed by atoms with E-state index in [9.17, 15) is 0 Å². The summed E-state index contributed by atoms with van der Waals surface area (Å²) < 4.78 is 8.12. The van der Waals surface area contributed by atoms with Crippen LogP contribution in [0.4, 0.5) is 17.1 Å². The topological polar surface area (TPSA) is 33.3 Å². The van der Waals surface area contributed by atoms with Gasteiger partial charge in [-0.05, 0) is 66.2 Å². The fourth-order valence-electron chi connectivity index (χ4n) is 5.84. The molecule has 0 aliphatic carbocycles. The number of benzene rings is 5. The smallest absolute Gasteiger partial charge is 0.136 e. The van der Waals surface area contributed by atoms with Gasteiger partial charge in [-0.25, -0.2) is 0 Å². The second-order valence-corrected chi connectivity index (χ2v) is 9.51. The summed E-state index contributed by atoms with van der Waals surface area (Å²) in [6.45, 7) is 0. The van der Waals surface area contributed by atoms with E-state index in [-0.39, 0.29) is 6.17 Å². The quantitative estimate of drug-likeness (QED) is 0.276. The minimum absolute atomic E-state index is 0.00702. The molecular formula is C33H23N3O. The summed E-state index contributed by atoms with van der Waals surface area (Å²) in [6.07, 6.45) is 1.78. The number of hydrogen-bond donors (Lipinski definition) is 1. The molecule has 3 heterocycles. The number of aromatic nitrogens is 1. The van der Waals surface area contributed by atoms with Gasteiger partial charge < -0.3 is 19.2 Å². The van der Waals surface area contributed by atoms with Gasteiger partial charge in [0.15, 0.2) is 0 Å². The minimum Gasteiger partial charge on any atom is -0.464 e. The molecule has 0 fully saturated rings. The molecule has 0 saturated carbocycles. The van der Waals surface area contributed by atoms with Crippen LogP contribution in [0.5, 0.6) is 0 Å². The third-order valence-electron chi connectivity index (χ3n) is 7.48. The standard InChI is InChI=1S/C33H23N3O/c1-2-8-23(9-3-1)36-30-13-7-5-11-28(30)34-33(36)22-14-16-24(17-15-22)35-29-12-6-4-10-25(29)26-18-19-31-27(32(26)35)20-21-37-31/h1-21,33-34H. The van der Waals surface area contributed by atoms with E-state index in [1.54, 1.807) is 6.26 Å². The maximum atomic E-state index is 5.76. The molecular weight excluding hydrogens is 454 g/mol. The van der Waals surface area contributed by atoms with E-state index in [4.69, 9.17) is 4.42 Å². The first kappa shape index (κ1) is 20.3. The molecule has 1 N–H and O–H groups in total. The molecule has 37 heavy (non-hydrogen) atoms. The Kier molecular flexibility index (Phi) is 4.25. The number of nitrogens with one attached hydrogen (secondary N) is 1. The van der Waals surface area contributed by atoms with Crippen molar-refractivity contribution in [1.82, 2.24) is 4.57 Å². The van der Waals surface area contributed by atoms with Crippen LogP contribution in [0, 0.1) is 0 Å². The average Bonchev–Trinajstić information content (AvgIpc) is 3.67. The number of nitrogens with zero attached hydrogens (tertiary/aromatic N) is 2. The Balaban J connectivity index is 1.28. The fraction of sp³-hybridized carbons (Fsp3) is 0.0303. The van der Waals surface area contributed by atoms with E-state index in [1.165, 1.54) is 38.7 Å². The van der Waals surface area contributed by atoms with Crippen LogP contribution in [0.15, 0.2) is 132 Å². The molecule has 8 rings (SSSR count). The molecule has 0 bridgehead atoms. The van der Waals surface area contributed by atoms with Gasteiger partial charge in [0.2, 0.25) is 0 Å². The zero-order chi connectivity index (χ0) is 24.3. The zero-order valence-corrected chi connectivity index (χ0v) is 20.0. The van der Waals surface area contributed by atoms with Crippen LogP contribution in [-0.4, -0.2) is 4.57 Å². The van der Waals surface area contributed by atoms with Crippen LogP contribution in [0.1, 0.15) is 11.7 Å². The summed E-state index contributed by atoms with van der Waals surface area (Å²) in [5, 5.41) is 7.34. The van der Waals surface area contributed by atoms with Gasteiger partial charge in [0.05, 0.1) is 28.7 Å². The van der Waals surface area contributed by atoms with E-state index < -0.39 is 0 Å². The van der Waals surface area contributed by atoms with Crippen molar-refractivity contribution in [1.29, 1.82) is 0 Å². The lowest BCUT2D eigenvalue weighted by atomic mass is 10.1.